The Balaban J connectivity index is 2.25. The molecule has 4 heteroatoms. The summed E-state index contributed by atoms with van der Waals surface area (Å²) >= 11 is 6.00. The smallest absolute Gasteiger partial charge is 0.123 e. The molecule has 2 aromatic rings. The molecule has 0 amide bonds. The van der Waals surface area contributed by atoms with Crippen LogP contribution in [0.3, 0.4) is 0 Å². The third-order valence-corrected chi connectivity index (χ3v) is 3.28. The number of hydrogen-bond acceptors (Lipinski definition) is 2. The highest BCUT2D eigenvalue weighted by Crippen LogP contribution is 2.24. The van der Waals surface area contributed by atoms with E-state index in [0.717, 1.165) is 17.0 Å². The average Bonchev–Trinajstić information content (AvgIpc) is 2.32. The maximum Gasteiger partial charge on any atom is 0.123 e. The van der Waals surface area contributed by atoms with E-state index < -0.39 is 6.10 Å². The lowest BCUT2D eigenvalue weighted by Gasteiger charge is -2.13. The molecule has 0 spiro atoms. The van der Waals surface area contributed by atoms with Gasteiger partial charge < -0.3 is 5.11 Å². The molecule has 1 aromatic heterocycles. The van der Waals surface area contributed by atoms with Gasteiger partial charge in [-0.2, -0.15) is 0 Å². The van der Waals surface area contributed by atoms with Gasteiger partial charge in [0.2, 0.25) is 0 Å². The third-order valence-electron chi connectivity index (χ3n) is 2.91. The van der Waals surface area contributed by atoms with E-state index in [4.69, 9.17) is 11.6 Å². The Hall–Kier alpha value is -1.45. The molecule has 0 saturated heterocycles. The van der Waals surface area contributed by atoms with E-state index in [1.54, 1.807) is 0 Å². The van der Waals surface area contributed by atoms with E-state index in [1.165, 1.54) is 18.2 Å². The van der Waals surface area contributed by atoms with Crippen LogP contribution in [-0.2, 0) is 6.42 Å². The van der Waals surface area contributed by atoms with Crippen LogP contribution in [0.25, 0.3) is 0 Å². The molecule has 1 unspecified atom stereocenters. The lowest BCUT2D eigenvalue weighted by Crippen LogP contribution is -2.04. The molecular formula is C15H15ClFNO. The Labute approximate surface area is 116 Å². The molecule has 1 N–H and O–H groups in total. The summed E-state index contributed by atoms with van der Waals surface area (Å²) < 4.78 is 13.2. The number of halogens is 2. The summed E-state index contributed by atoms with van der Waals surface area (Å²) in [6, 6.07) is 7.81. The Morgan fingerprint density at radius 1 is 1.21 bits per heavy atom. The monoisotopic (exact) mass is 279 g/mol. The minimum absolute atomic E-state index is 0.277. The predicted octanol–water partition coefficient (Wildman–Crippen LogP) is 3.77. The maximum absolute atomic E-state index is 13.2. The first kappa shape index (κ1) is 14.0. The lowest BCUT2D eigenvalue weighted by molar-refractivity contribution is 0.178. The van der Waals surface area contributed by atoms with Crippen molar-refractivity contribution in [1.82, 2.24) is 4.98 Å². The number of aliphatic hydroxyl groups is 1. The van der Waals surface area contributed by atoms with Crippen molar-refractivity contribution >= 4 is 11.6 Å². The van der Waals surface area contributed by atoms with E-state index in [9.17, 15) is 9.50 Å². The molecule has 0 saturated carbocycles. The standard InChI is InChI=1S/C15H15ClFNO/c1-9-5-12(6-10(2)18-9)15(19)8-11-7-13(17)3-4-14(11)16/h3-7,15,19H,8H2,1-2H3. The number of pyridine rings is 1. The van der Waals surface area contributed by atoms with Crippen LogP contribution in [0.5, 0.6) is 0 Å². The number of aliphatic hydroxyl groups excluding tert-OH is 1. The molecule has 0 bridgehead atoms. The van der Waals surface area contributed by atoms with Gasteiger partial charge in [-0.05, 0) is 55.3 Å². The molecule has 0 aliphatic heterocycles. The van der Waals surface area contributed by atoms with Gasteiger partial charge in [0.25, 0.3) is 0 Å². The first-order valence-corrected chi connectivity index (χ1v) is 6.40. The Morgan fingerprint density at radius 3 is 2.47 bits per heavy atom. The third kappa shape index (κ3) is 3.52. The summed E-state index contributed by atoms with van der Waals surface area (Å²) in [6.07, 6.45) is -0.445. The van der Waals surface area contributed by atoms with Crippen molar-refractivity contribution < 1.29 is 9.50 Å². The fourth-order valence-electron chi connectivity index (χ4n) is 2.09. The van der Waals surface area contributed by atoms with Crippen LogP contribution in [0.4, 0.5) is 4.39 Å². The number of aromatic nitrogens is 1. The van der Waals surface area contributed by atoms with Crippen molar-refractivity contribution in [3.05, 3.63) is 63.7 Å². The summed E-state index contributed by atoms with van der Waals surface area (Å²) in [5.74, 6) is -0.353. The number of benzene rings is 1. The zero-order valence-corrected chi connectivity index (χ0v) is 11.6. The van der Waals surface area contributed by atoms with Gasteiger partial charge in [0.1, 0.15) is 5.82 Å². The van der Waals surface area contributed by atoms with Crippen LogP contribution in [0.1, 0.15) is 28.6 Å². The Bertz CT molecular complexity index is 580. The molecule has 2 nitrogen and oxygen atoms in total. The van der Waals surface area contributed by atoms with Gasteiger partial charge in [0.15, 0.2) is 0 Å². The van der Waals surface area contributed by atoms with Gasteiger partial charge in [-0.15, -0.1) is 0 Å². The van der Waals surface area contributed by atoms with Crippen molar-refractivity contribution in [2.45, 2.75) is 26.4 Å². The number of rotatable bonds is 3. The van der Waals surface area contributed by atoms with Gasteiger partial charge in [-0.3, -0.25) is 4.98 Å². The molecule has 0 aliphatic carbocycles. The van der Waals surface area contributed by atoms with Crippen molar-refractivity contribution in [1.29, 1.82) is 0 Å². The molecule has 0 aliphatic rings. The van der Waals surface area contributed by atoms with Gasteiger partial charge in [0, 0.05) is 22.8 Å². The first-order valence-electron chi connectivity index (χ1n) is 6.03. The number of hydrogen-bond donors (Lipinski definition) is 1. The molecule has 19 heavy (non-hydrogen) atoms. The van der Waals surface area contributed by atoms with Crippen LogP contribution in [0, 0.1) is 19.7 Å². The van der Waals surface area contributed by atoms with Crippen LogP contribution < -0.4 is 0 Å². The quantitative estimate of drug-likeness (QED) is 0.928. The molecule has 0 radical (unpaired) electrons. The highest BCUT2D eigenvalue weighted by atomic mass is 35.5. The fourth-order valence-corrected chi connectivity index (χ4v) is 2.28. The molecular weight excluding hydrogens is 265 g/mol. The maximum atomic E-state index is 13.2. The summed E-state index contributed by atoms with van der Waals surface area (Å²) in [4.78, 5) is 4.26. The van der Waals surface area contributed by atoms with E-state index in [1.807, 2.05) is 26.0 Å². The average molecular weight is 280 g/mol. The van der Waals surface area contributed by atoms with Crippen molar-refractivity contribution in [2.24, 2.45) is 0 Å². The molecule has 100 valence electrons. The zero-order chi connectivity index (χ0) is 14.0. The van der Waals surface area contributed by atoms with E-state index in [2.05, 4.69) is 4.98 Å². The van der Waals surface area contributed by atoms with E-state index in [-0.39, 0.29) is 12.2 Å². The second-order valence-corrected chi connectivity index (χ2v) is 5.05. The Kier molecular flexibility index (Phi) is 4.17. The fraction of sp³-hybridized carbons (Fsp3) is 0.267. The highest BCUT2D eigenvalue weighted by molar-refractivity contribution is 6.31. The van der Waals surface area contributed by atoms with Crippen molar-refractivity contribution in [2.75, 3.05) is 0 Å². The minimum atomic E-state index is -0.723. The lowest BCUT2D eigenvalue weighted by atomic mass is 10.0. The normalized spacial score (nSPS) is 12.5. The van der Waals surface area contributed by atoms with Crippen molar-refractivity contribution in [3.63, 3.8) is 0 Å². The Morgan fingerprint density at radius 2 is 1.84 bits per heavy atom. The molecule has 2 rings (SSSR count). The topological polar surface area (TPSA) is 33.1 Å². The summed E-state index contributed by atoms with van der Waals surface area (Å²) in [7, 11) is 0. The molecule has 0 fully saturated rings. The number of aryl methyl sites for hydroxylation is 2. The van der Waals surface area contributed by atoms with E-state index in [0.29, 0.717) is 10.6 Å². The van der Waals surface area contributed by atoms with Crippen molar-refractivity contribution in [3.8, 4) is 0 Å². The first-order chi connectivity index (χ1) is 8.95. The zero-order valence-electron chi connectivity index (χ0n) is 10.8. The van der Waals surface area contributed by atoms with Crippen LogP contribution in [0.2, 0.25) is 5.02 Å². The SMILES string of the molecule is Cc1cc(C(O)Cc2cc(F)ccc2Cl)cc(C)n1. The second kappa shape index (κ2) is 5.68. The van der Waals surface area contributed by atoms with Gasteiger partial charge in [-0.25, -0.2) is 4.39 Å². The van der Waals surface area contributed by atoms with Gasteiger partial charge in [-0.1, -0.05) is 11.6 Å². The van der Waals surface area contributed by atoms with Crippen LogP contribution in [-0.4, -0.2) is 10.1 Å². The van der Waals surface area contributed by atoms with Gasteiger partial charge in [0.05, 0.1) is 6.10 Å². The molecule has 1 aromatic carbocycles. The summed E-state index contributed by atoms with van der Waals surface area (Å²) in [5, 5.41) is 10.7. The summed E-state index contributed by atoms with van der Waals surface area (Å²) in [5.41, 5.74) is 3.06. The van der Waals surface area contributed by atoms with Gasteiger partial charge >= 0.3 is 0 Å². The predicted molar refractivity (Wildman–Crippen MR) is 73.8 cm³/mol. The number of nitrogens with zero attached hydrogens (tertiary/aromatic N) is 1. The molecule has 1 atom stereocenters. The van der Waals surface area contributed by atoms with E-state index >= 15 is 0 Å². The second-order valence-electron chi connectivity index (χ2n) is 4.64. The summed E-state index contributed by atoms with van der Waals surface area (Å²) in [6.45, 7) is 3.75. The van der Waals surface area contributed by atoms with Crippen LogP contribution >= 0.6 is 11.6 Å². The largest absolute Gasteiger partial charge is 0.388 e. The molecule has 1 heterocycles. The van der Waals surface area contributed by atoms with Crippen LogP contribution in [0.15, 0.2) is 30.3 Å². The minimum Gasteiger partial charge on any atom is -0.388 e. The highest BCUT2D eigenvalue weighted by Gasteiger charge is 2.12.